The molecule has 2 rings (SSSR count). The number of rotatable bonds is 5. The fraction of sp³-hybridized carbons (Fsp3) is 0.588. The Bertz CT molecular complexity index is 458. The molecule has 1 saturated heterocycles. The molecule has 4 heteroatoms. The normalized spacial score (nSPS) is 23.0. The van der Waals surface area contributed by atoms with Crippen LogP contribution in [-0.4, -0.2) is 36.5 Å². The van der Waals surface area contributed by atoms with Gasteiger partial charge in [-0.3, -0.25) is 9.69 Å². The Balaban J connectivity index is 1.75. The van der Waals surface area contributed by atoms with Crippen molar-refractivity contribution in [1.29, 1.82) is 0 Å². The molecular weight excluding hydrogens is 262 g/mol. The van der Waals surface area contributed by atoms with E-state index in [1.54, 1.807) is 0 Å². The van der Waals surface area contributed by atoms with Crippen LogP contribution >= 0.6 is 0 Å². The number of hydrogen-bond donors (Lipinski definition) is 2. The Labute approximate surface area is 127 Å². The van der Waals surface area contributed by atoms with Gasteiger partial charge in [-0.05, 0) is 24.8 Å². The number of piperidine rings is 1. The van der Waals surface area contributed by atoms with Crippen molar-refractivity contribution < 1.29 is 4.79 Å². The highest BCUT2D eigenvalue weighted by Crippen LogP contribution is 2.18. The van der Waals surface area contributed by atoms with Gasteiger partial charge in [0, 0.05) is 25.7 Å². The van der Waals surface area contributed by atoms with Gasteiger partial charge in [-0.1, -0.05) is 43.2 Å². The summed E-state index contributed by atoms with van der Waals surface area (Å²) in [6, 6.07) is 8.55. The number of hydrogen-bond acceptors (Lipinski definition) is 3. The molecule has 0 bridgehead atoms. The molecule has 0 spiro atoms. The zero-order chi connectivity index (χ0) is 15.2. The van der Waals surface area contributed by atoms with Gasteiger partial charge in [0.05, 0.1) is 6.54 Å². The van der Waals surface area contributed by atoms with E-state index in [4.69, 9.17) is 5.73 Å². The first kappa shape index (κ1) is 16.0. The maximum Gasteiger partial charge on any atom is 0.234 e. The van der Waals surface area contributed by atoms with Crippen molar-refractivity contribution in [2.45, 2.75) is 39.3 Å². The summed E-state index contributed by atoms with van der Waals surface area (Å²) in [5.41, 5.74) is 8.48. The molecule has 2 unspecified atom stereocenters. The van der Waals surface area contributed by atoms with Gasteiger partial charge in [-0.25, -0.2) is 0 Å². The number of nitrogens with one attached hydrogen (secondary N) is 1. The van der Waals surface area contributed by atoms with Crippen molar-refractivity contribution in [3.05, 3.63) is 35.4 Å². The predicted molar refractivity (Wildman–Crippen MR) is 85.8 cm³/mol. The van der Waals surface area contributed by atoms with E-state index in [2.05, 4.69) is 48.3 Å². The number of amides is 1. The zero-order valence-corrected chi connectivity index (χ0v) is 13.1. The Kier molecular flexibility index (Phi) is 5.76. The maximum atomic E-state index is 12.0. The van der Waals surface area contributed by atoms with Gasteiger partial charge < -0.3 is 11.1 Å². The van der Waals surface area contributed by atoms with Gasteiger partial charge in [0.2, 0.25) is 5.91 Å². The molecule has 1 aliphatic heterocycles. The highest BCUT2D eigenvalue weighted by molar-refractivity contribution is 5.78. The van der Waals surface area contributed by atoms with E-state index in [0.29, 0.717) is 25.0 Å². The Morgan fingerprint density at radius 1 is 1.38 bits per heavy atom. The number of nitrogens with zero attached hydrogens (tertiary/aromatic N) is 1. The number of nitrogens with two attached hydrogens (primary N) is 1. The first-order valence-corrected chi connectivity index (χ1v) is 7.88. The average Bonchev–Trinajstić information content (AvgIpc) is 2.48. The summed E-state index contributed by atoms with van der Waals surface area (Å²) >= 11 is 0. The molecule has 1 amide bonds. The summed E-state index contributed by atoms with van der Waals surface area (Å²) in [4.78, 5) is 14.3. The minimum atomic E-state index is 0.0981. The fourth-order valence-electron chi connectivity index (χ4n) is 2.87. The third-order valence-corrected chi connectivity index (χ3v) is 4.38. The summed E-state index contributed by atoms with van der Waals surface area (Å²) in [5.74, 6) is 0.615. The molecule has 1 aromatic rings. The molecule has 1 aliphatic rings. The lowest BCUT2D eigenvalue weighted by atomic mass is 9.91. The molecule has 3 N–H and O–H groups in total. The highest BCUT2D eigenvalue weighted by atomic mass is 16.2. The molecule has 1 aromatic carbocycles. The van der Waals surface area contributed by atoms with Crippen molar-refractivity contribution in [2.75, 3.05) is 19.6 Å². The SMILES string of the molecule is CCC1CN(CC(=O)NCc2ccc(C)cc2)CCC1N. The summed E-state index contributed by atoms with van der Waals surface area (Å²) < 4.78 is 0. The van der Waals surface area contributed by atoms with Crippen LogP contribution in [0.15, 0.2) is 24.3 Å². The molecule has 0 radical (unpaired) electrons. The lowest BCUT2D eigenvalue weighted by Gasteiger charge is -2.36. The third-order valence-electron chi connectivity index (χ3n) is 4.38. The molecule has 0 aliphatic carbocycles. The van der Waals surface area contributed by atoms with Gasteiger partial charge in [-0.15, -0.1) is 0 Å². The van der Waals surface area contributed by atoms with Gasteiger partial charge in [0.25, 0.3) is 0 Å². The number of carbonyl (C=O) groups is 1. The van der Waals surface area contributed by atoms with Crippen molar-refractivity contribution in [2.24, 2.45) is 11.7 Å². The largest absolute Gasteiger partial charge is 0.351 e. The third kappa shape index (κ3) is 4.83. The van der Waals surface area contributed by atoms with Gasteiger partial charge >= 0.3 is 0 Å². The smallest absolute Gasteiger partial charge is 0.234 e. The molecule has 0 saturated carbocycles. The van der Waals surface area contributed by atoms with Crippen molar-refractivity contribution in [3.63, 3.8) is 0 Å². The topological polar surface area (TPSA) is 58.4 Å². The molecule has 116 valence electrons. The van der Waals surface area contributed by atoms with Crippen LogP contribution in [0.5, 0.6) is 0 Å². The summed E-state index contributed by atoms with van der Waals surface area (Å²) in [5, 5.41) is 3.00. The number of benzene rings is 1. The van der Waals surface area contributed by atoms with Gasteiger partial charge in [0.1, 0.15) is 0 Å². The molecule has 0 aromatic heterocycles. The summed E-state index contributed by atoms with van der Waals surface area (Å²) in [6.07, 6.45) is 2.08. The quantitative estimate of drug-likeness (QED) is 0.867. The Morgan fingerprint density at radius 2 is 2.10 bits per heavy atom. The van der Waals surface area contributed by atoms with E-state index < -0.39 is 0 Å². The van der Waals surface area contributed by atoms with Crippen LogP contribution in [0.4, 0.5) is 0 Å². The lowest BCUT2D eigenvalue weighted by Crippen LogP contribution is -2.49. The minimum absolute atomic E-state index is 0.0981. The second-order valence-corrected chi connectivity index (χ2v) is 6.12. The fourth-order valence-corrected chi connectivity index (χ4v) is 2.87. The van der Waals surface area contributed by atoms with E-state index in [1.807, 2.05) is 0 Å². The second-order valence-electron chi connectivity index (χ2n) is 6.12. The van der Waals surface area contributed by atoms with Gasteiger partial charge in [-0.2, -0.15) is 0 Å². The Morgan fingerprint density at radius 3 is 2.76 bits per heavy atom. The number of likely N-dealkylation sites (tertiary alicyclic amines) is 1. The number of carbonyl (C=O) groups excluding carboxylic acids is 1. The Hall–Kier alpha value is -1.39. The maximum absolute atomic E-state index is 12.0. The summed E-state index contributed by atoms with van der Waals surface area (Å²) in [7, 11) is 0. The van der Waals surface area contributed by atoms with Crippen molar-refractivity contribution in [1.82, 2.24) is 10.2 Å². The molecule has 2 atom stereocenters. The molecular formula is C17H27N3O. The van der Waals surface area contributed by atoms with Crippen LogP contribution in [0, 0.1) is 12.8 Å². The molecule has 1 fully saturated rings. The minimum Gasteiger partial charge on any atom is -0.351 e. The van der Waals surface area contributed by atoms with Crippen LogP contribution < -0.4 is 11.1 Å². The zero-order valence-electron chi connectivity index (χ0n) is 13.1. The van der Waals surface area contributed by atoms with Crippen molar-refractivity contribution in [3.8, 4) is 0 Å². The second kappa shape index (κ2) is 7.57. The van der Waals surface area contributed by atoms with Crippen LogP contribution in [0.25, 0.3) is 0 Å². The van der Waals surface area contributed by atoms with Crippen molar-refractivity contribution >= 4 is 5.91 Å². The van der Waals surface area contributed by atoms with Crippen LogP contribution in [0.1, 0.15) is 30.9 Å². The van der Waals surface area contributed by atoms with Crippen LogP contribution in [0.3, 0.4) is 0 Å². The first-order chi connectivity index (χ1) is 10.1. The van der Waals surface area contributed by atoms with E-state index in [-0.39, 0.29) is 5.91 Å². The van der Waals surface area contributed by atoms with Crippen LogP contribution in [0.2, 0.25) is 0 Å². The lowest BCUT2D eigenvalue weighted by molar-refractivity contribution is -0.122. The van der Waals surface area contributed by atoms with E-state index in [9.17, 15) is 4.79 Å². The molecule has 4 nitrogen and oxygen atoms in total. The number of aryl methyl sites for hydroxylation is 1. The highest BCUT2D eigenvalue weighted by Gasteiger charge is 2.26. The average molecular weight is 289 g/mol. The first-order valence-electron chi connectivity index (χ1n) is 7.88. The molecule has 1 heterocycles. The standard InChI is InChI=1S/C17H27N3O/c1-3-15-11-20(9-8-16(15)18)12-17(21)19-10-14-6-4-13(2)5-7-14/h4-7,15-16H,3,8-12,18H2,1-2H3,(H,19,21). The van der Waals surface area contributed by atoms with E-state index >= 15 is 0 Å². The molecule has 21 heavy (non-hydrogen) atoms. The monoisotopic (exact) mass is 289 g/mol. The van der Waals surface area contributed by atoms with E-state index in [1.165, 1.54) is 5.56 Å². The summed E-state index contributed by atoms with van der Waals surface area (Å²) in [6.45, 7) is 7.18. The van der Waals surface area contributed by atoms with Gasteiger partial charge in [0.15, 0.2) is 0 Å². The van der Waals surface area contributed by atoms with E-state index in [0.717, 1.165) is 31.5 Å². The predicted octanol–water partition coefficient (Wildman–Crippen LogP) is 1.67. The van der Waals surface area contributed by atoms with Crippen LogP contribution in [-0.2, 0) is 11.3 Å².